The number of likely N-dealkylation sites (N-methyl/N-ethyl adjacent to an activating group) is 1. The lowest BCUT2D eigenvalue weighted by Gasteiger charge is -2.06. The first-order chi connectivity index (χ1) is 4.57. The molecule has 1 unspecified atom stereocenters. The molecular weight excluding hydrogens is 134 g/mol. The van der Waals surface area contributed by atoms with Crippen LogP contribution in [0.4, 0.5) is 0 Å². The Morgan fingerprint density at radius 1 is 1.50 bits per heavy atom. The summed E-state index contributed by atoms with van der Waals surface area (Å²) in [6.45, 7) is 2.81. The van der Waals surface area contributed by atoms with Gasteiger partial charge in [0.25, 0.3) is 0 Å². The van der Waals surface area contributed by atoms with Crippen molar-refractivity contribution in [3.8, 4) is 0 Å². The van der Waals surface area contributed by atoms with Crippen LogP contribution in [0.15, 0.2) is 0 Å². The highest BCUT2D eigenvalue weighted by atomic mass is 16.6. The van der Waals surface area contributed by atoms with Crippen molar-refractivity contribution in [2.75, 3.05) is 7.05 Å². The first-order valence-corrected chi connectivity index (χ1v) is 2.97. The summed E-state index contributed by atoms with van der Waals surface area (Å²) in [7, 11) is 1.62. The second-order valence-corrected chi connectivity index (χ2v) is 1.92. The molecule has 0 fully saturated rings. The Hall–Kier alpha value is -0.900. The molecule has 0 heterocycles. The van der Waals surface area contributed by atoms with Gasteiger partial charge in [-0.3, -0.25) is 4.79 Å². The number of carbonyl (C=O) groups excluding carboxylic acids is 2. The molecule has 0 aromatic heterocycles. The number of hydrogen-bond acceptors (Lipinski definition) is 4. The molecule has 1 atom stereocenters. The molecule has 1 N–H and O–H groups in total. The number of carbonyl (C=O) groups is 2. The summed E-state index contributed by atoms with van der Waals surface area (Å²) in [6, 6.07) is -0.427. The van der Waals surface area contributed by atoms with Crippen molar-refractivity contribution >= 4 is 11.9 Å². The summed E-state index contributed by atoms with van der Waals surface area (Å²) in [5, 5.41) is 2.64. The molecule has 0 aromatic carbocycles. The van der Waals surface area contributed by atoms with Crippen LogP contribution in [-0.2, 0) is 14.3 Å². The normalized spacial score (nSPS) is 12.3. The van der Waals surface area contributed by atoms with Crippen LogP contribution in [0.5, 0.6) is 0 Å². The molecule has 0 aliphatic heterocycles. The van der Waals surface area contributed by atoms with Crippen molar-refractivity contribution in [3.05, 3.63) is 0 Å². The van der Waals surface area contributed by atoms with Gasteiger partial charge in [0.05, 0.1) is 0 Å². The molecule has 0 amide bonds. The van der Waals surface area contributed by atoms with Crippen molar-refractivity contribution in [1.29, 1.82) is 0 Å². The predicted molar refractivity (Wildman–Crippen MR) is 35.3 cm³/mol. The van der Waals surface area contributed by atoms with Crippen LogP contribution in [0.3, 0.4) is 0 Å². The maximum atomic E-state index is 10.7. The molecule has 0 aliphatic rings. The zero-order chi connectivity index (χ0) is 8.15. The van der Waals surface area contributed by atoms with Gasteiger partial charge in [-0.2, -0.15) is 0 Å². The molecule has 0 aliphatic carbocycles. The van der Waals surface area contributed by atoms with Crippen LogP contribution >= 0.6 is 0 Å². The van der Waals surface area contributed by atoms with Crippen LogP contribution in [0.1, 0.15) is 13.8 Å². The summed E-state index contributed by atoms with van der Waals surface area (Å²) >= 11 is 0. The van der Waals surface area contributed by atoms with Gasteiger partial charge in [0.1, 0.15) is 6.04 Å². The fourth-order valence-electron chi connectivity index (χ4n) is 0.348. The van der Waals surface area contributed by atoms with E-state index in [4.69, 9.17) is 0 Å². The minimum atomic E-state index is -0.577. The van der Waals surface area contributed by atoms with E-state index in [-0.39, 0.29) is 0 Å². The SMILES string of the molecule is CNC(C)C(=O)OC(C)=O. The van der Waals surface area contributed by atoms with Gasteiger partial charge in [0.15, 0.2) is 0 Å². The summed E-state index contributed by atoms with van der Waals surface area (Å²) in [4.78, 5) is 20.9. The topological polar surface area (TPSA) is 55.4 Å². The molecule has 0 aromatic rings. The minimum absolute atomic E-state index is 0.427. The Bertz CT molecular complexity index is 144. The fourth-order valence-corrected chi connectivity index (χ4v) is 0.348. The molecular formula is C6H11NO3. The second-order valence-electron chi connectivity index (χ2n) is 1.92. The van der Waals surface area contributed by atoms with Crippen molar-refractivity contribution < 1.29 is 14.3 Å². The average molecular weight is 145 g/mol. The van der Waals surface area contributed by atoms with Gasteiger partial charge in [-0.25, -0.2) is 4.79 Å². The van der Waals surface area contributed by atoms with E-state index in [1.165, 1.54) is 6.92 Å². The third kappa shape index (κ3) is 3.19. The summed E-state index contributed by atoms with van der Waals surface area (Å²) in [5.74, 6) is -1.12. The van der Waals surface area contributed by atoms with E-state index in [0.29, 0.717) is 0 Å². The zero-order valence-corrected chi connectivity index (χ0v) is 6.30. The van der Waals surface area contributed by atoms with Crippen LogP contribution in [-0.4, -0.2) is 25.0 Å². The molecule has 4 nitrogen and oxygen atoms in total. The summed E-state index contributed by atoms with van der Waals surface area (Å²) in [5.41, 5.74) is 0. The first-order valence-electron chi connectivity index (χ1n) is 2.97. The van der Waals surface area contributed by atoms with Crippen LogP contribution in [0.25, 0.3) is 0 Å². The van der Waals surface area contributed by atoms with E-state index < -0.39 is 18.0 Å². The van der Waals surface area contributed by atoms with Gasteiger partial charge in [-0.1, -0.05) is 0 Å². The van der Waals surface area contributed by atoms with Crippen LogP contribution < -0.4 is 5.32 Å². The Morgan fingerprint density at radius 2 is 2.00 bits per heavy atom. The van der Waals surface area contributed by atoms with Crippen molar-refractivity contribution in [1.82, 2.24) is 5.32 Å². The minimum Gasteiger partial charge on any atom is -0.392 e. The molecule has 0 saturated carbocycles. The lowest BCUT2D eigenvalue weighted by molar-refractivity contribution is -0.159. The van der Waals surface area contributed by atoms with E-state index in [0.717, 1.165) is 0 Å². The highest BCUT2D eigenvalue weighted by molar-refractivity contribution is 5.87. The molecule has 0 saturated heterocycles. The molecule has 0 spiro atoms. The lowest BCUT2D eigenvalue weighted by Crippen LogP contribution is -2.33. The number of esters is 2. The largest absolute Gasteiger partial charge is 0.392 e. The highest BCUT2D eigenvalue weighted by Gasteiger charge is 2.12. The van der Waals surface area contributed by atoms with Gasteiger partial charge < -0.3 is 10.1 Å². The molecule has 0 bridgehead atoms. The van der Waals surface area contributed by atoms with E-state index >= 15 is 0 Å². The Morgan fingerprint density at radius 3 is 2.30 bits per heavy atom. The van der Waals surface area contributed by atoms with Crippen molar-refractivity contribution in [2.24, 2.45) is 0 Å². The number of hydrogen-bond donors (Lipinski definition) is 1. The second kappa shape index (κ2) is 4.00. The third-order valence-electron chi connectivity index (χ3n) is 1.03. The predicted octanol–water partition coefficient (Wildman–Crippen LogP) is -0.316. The lowest BCUT2D eigenvalue weighted by atomic mass is 10.3. The number of rotatable bonds is 2. The third-order valence-corrected chi connectivity index (χ3v) is 1.03. The highest BCUT2D eigenvalue weighted by Crippen LogP contribution is 1.86. The van der Waals surface area contributed by atoms with Gasteiger partial charge in [-0.15, -0.1) is 0 Å². The monoisotopic (exact) mass is 145 g/mol. The van der Waals surface area contributed by atoms with E-state index in [9.17, 15) is 9.59 Å². The van der Waals surface area contributed by atoms with Crippen molar-refractivity contribution in [2.45, 2.75) is 19.9 Å². The smallest absolute Gasteiger partial charge is 0.330 e. The van der Waals surface area contributed by atoms with Crippen LogP contribution in [0, 0.1) is 0 Å². The molecule has 0 rings (SSSR count). The van der Waals surface area contributed by atoms with Crippen LogP contribution in [0.2, 0.25) is 0 Å². The van der Waals surface area contributed by atoms with Crippen molar-refractivity contribution in [3.63, 3.8) is 0 Å². The fraction of sp³-hybridized carbons (Fsp3) is 0.667. The molecule has 4 heteroatoms. The quantitative estimate of drug-likeness (QED) is 0.427. The Kier molecular flexibility index (Phi) is 3.64. The Labute approximate surface area is 59.6 Å². The standard InChI is InChI=1S/C6H11NO3/c1-4(7-3)6(9)10-5(2)8/h4,7H,1-3H3. The molecule has 10 heavy (non-hydrogen) atoms. The van der Waals surface area contributed by atoms with Gasteiger partial charge >= 0.3 is 11.9 Å². The Balaban J connectivity index is 3.73. The summed E-state index contributed by atoms with van der Waals surface area (Å²) in [6.07, 6.45) is 0. The maximum Gasteiger partial charge on any atom is 0.330 e. The summed E-state index contributed by atoms with van der Waals surface area (Å²) < 4.78 is 4.26. The van der Waals surface area contributed by atoms with E-state index in [1.54, 1.807) is 14.0 Å². The maximum absolute atomic E-state index is 10.7. The van der Waals surface area contributed by atoms with Gasteiger partial charge in [0, 0.05) is 6.92 Å². The molecule has 58 valence electrons. The first kappa shape index (κ1) is 9.10. The van der Waals surface area contributed by atoms with E-state index in [2.05, 4.69) is 10.1 Å². The van der Waals surface area contributed by atoms with Gasteiger partial charge in [-0.05, 0) is 14.0 Å². The average Bonchev–Trinajstić information content (AvgIpc) is 1.85. The van der Waals surface area contributed by atoms with E-state index in [1.807, 2.05) is 0 Å². The molecule has 0 radical (unpaired) electrons. The zero-order valence-electron chi connectivity index (χ0n) is 6.30. The number of ether oxygens (including phenoxy) is 1. The van der Waals surface area contributed by atoms with Gasteiger partial charge in [0.2, 0.25) is 0 Å². The number of nitrogens with one attached hydrogen (secondary N) is 1.